The van der Waals surface area contributed by atoms with Gasteiger partial charge in [-0.05, 0) is 50.4 Å². The summed E-state index contributed by atoms with van der Waals surface area (Å²) in [4.78, 5) is 2.78. The summed E-state index contributed by atoms with van der Waals surface area (Å²) in [5.74, 6) is 0. The molecule has 0 amide bonds. The first-order valence-corrected chi connectivity index (χ1v) is 7.95. The molecular weight excluding hydrogens is 232 g/mol. The Kier molecular flexibility index (Phi) is 2.80. The zero-order valence-electron chi connectivity index (χ0n) is 11.7. The van der Waals surface area contributed by atoms with Crippen molar-refractivity contribution < 1.29 is 0 Å². The molecule has 1 spiro atoms. The number of fused-ring (bicyclic) bond motifs is 2. The van der Waals surface area contributed by atoms with Crippen LogP contribution in [0.2, 0.25) is 0 Å². The molecule has 3 aliphatic rings. The lowest BCUT2D eigenvalue weighted by molar-refractivity contribution is 0.123. The second-order valence-corrected chi connectivity index (χ2v) is 6.65. The average Bonchev–Trinajstić information content (AvgIpc) is 3.10. The van der Waals surface area contributed by atoms with Crippen molar-refractivity contribution in [2.75, 3.05) is 25.0 Å². The lowest BCUT2D eigenvalue weighted by atomic mass is 9.74. The molecule has 1 aliphatic carbocycles. The molecule has 2 fully saturated rings. The van der Waals surface area contributed by atoms with E-state index in [2.05, 4.69) is 34.5 Å². The van der Waals surface area contributed by atoms with E-state index in [-0.39, 0.29) is 0 Å². The van der Waals surface area contributed by atoms with Crippen LogP contribution in [0, 0.1) is 0 Å². The second-order valence-electron chi connectivity index (χ2n) is 6.65. The summed E-state index contributed by atoms with van der Waals surface area (Å²) in [6.07, 6.45) is 8.48. The van der Waals surface area contributed by atoms with Crippen LogP contribution < -0.4 is 5.32 Å². The van der Waals surface area contributed by atoms with E-state index in [0.29, 0.717) is 5.41 Å². The summed E-state index contributed by atoms with van der Waals surface area (Å²) in [6.45, 7) is 3.77. The predicted octanol–water partition coefficient (Wildman–Crippen LogP) is 3.39. The fourth-order valence-electron chi connectivity index (χ4n) is 4.49. The molecule has 2 heterocycles. The van der Waals surface area contributed by atoms with Crippen LogP contribution in [0.3, 0.4) is 0 Å². The van der Waals surface area contributed by atoms with Gasteiger partial charge >= 0.3 is 0 Å². The van der Waals surface area contributed by atoms with Crippen LogP contribution in [0.15, 0.2) is 24.3 Å². The number of piperidine rings is 1. The first kappa shape index (κ1) is 11.8. The van der Waals surface area contributed by atoms with Crippen LogP contribution in [-0.2, 0) is 5.41 Å². The van der Waals surface area contributed by atoms with E-state index in [0.717, 1.165) is 12.6 Å². The van der Waals surface area contributed by atoms with Gasteiger partial charge in [0.2, 0.25) is 0 Å². The Bertz CT molecular complexity index is 454. The predicted molar refractivity (Wildman–Crippen MR) is 79.7 cm³/mol. The summed E-state index contributed by atoms with van der Waals surface area (Å²) >= 11 is 0. The summed E-state index contributed by atoms with van der Waals surface area (Å²) in [7, 11) is 0. The summed E-state index contributed by atoms with van der Waals surface area (Å²) in [6, 6.07) is 9.85. The molecule has 1 aromatic carbocycles. The number of nitrogens with one attached hydrogen (secondary N) is 1. The number of hydrogen-bond donors (Lipinski definition) is 1. The average molecular weight is 256 g/mol. The van der Waals surface area contributed by atoms with Crippen molar-refractivity contribution in [3.8, 4) is 0 Å². The van der Waals surface area contributed by atoms with Crippen molar-refractivity contribution >= 4 is 5.69 Å². The van der Waals surface area contributed by atoms with Crippen molar-refractivity contribution in [3.05, 3.63) is 29.8 Å². The van der Waals surface area contributed by atoms with Crippen LogP contribution in [-0.4, -0.2) is 30.6 Å². The van der Waals surface area contributed by atoms with Crippen molar-refractivity contribution in [1.29, 1.82) is 0 Å². The van der Waals surface area contributed by atoms with E-state index in [9.17, 15) is 0 Å². The molecule has 0 aromatic heterocycles. The molecule has 2 aliphatic heterocycles. The van der Waals surface area contributed by atoms with Gasteiger partial charge < -0.3 is 10.2 Å². The zero-order valence-corrected chi connectivity index (χ0v) is 11.7. The van der Waals surface area contributed by atoms with Gasteiger partial charge in [0.15, 0.2) is 0 Å². The van der Waals surface area contributed by atoms with E-state index in [1.165, 1.54) is 57.3 Å². The SMILES string of the molecule is c1ccc2c(c1)NCC21CCN(C2CCCC2)CC1. The molecule has 19 heavy (non-hydrogen) atoms. The summed E-state index contributed by atoms with van der Waals surface area (Å²) in [5.41, 5.74) is 3.41. The Balaban J connectivity index is 1.51. The Hall–Kier alpha value is -1.02. The van der Waals surface area contributed by atoms with Crippen molar-refractivity contribution in [3.63, 3.8) is 0 Å². The molecule has 1 saturated carbocycles. The van der Waals surface area contributed by atoms with Crippen LogP contribution in [0.25, 0.3) is 0 Å². The second kappa shape index (κ2) is 4.52. The summed E-state index contributed by atoms with van der Waals surface area (Å²) in [5, 5.41) is 3.63. The lowest BCUT2D eigenvalue weighted by Crippen LogP contribution is -2.47. The zero-order chi connectivity index (χ0) is 12.7. The van der Waals surface area contributed by atoms with E-state index >= 15 is 0 Å². The maximum absolute atomic E-state index is 3.63. The molecule has 102 valence electrons. The molecule has 1 saturated heterocycles. The number of anilines is 1. The molecule has 0 bridgehead atoms. The highest BCUT2D eigenvalue weighted by atomic mass is 15.2. The molecule has 0 unspecified atom stereocenters. The van der Waals surface area contributed by atoms with Gasteiger partial charge in [-0.3, -0.25) is 0 Å². The normalized spacial score (nSPS) is 26.5. The minimum absolute atomic E-state index is 0.436. The van der Waals surface area contributed by atoms with E-state index in [4.69, 9.17) is 0 Å². The van der Waals surface area contributed by atoms with Crippen LogP contribution in [0.1, 0.15) is 44.1 Å². The molecule has 1 N–H and O–H groups in total. The fourth-order valence-corrected chi connectivity index (χ4v) is 4.49. The quantitative estimate of drug-likeness (QED) is 0.828. The monoisotopic (exact) mass is 256 g/mol. The Morgan fingerprint density at radius 1 is 1.05 bits per heavy atom. The third kappa shape index (κ3) is 1.88. The Labute approximate surface area is 116 Å². The van der Waals surface area contributed by atoms with E-state index in [1.807, 2.05) is 0 Å². The molecular formula is C17H24N2. The smallest absolute Gasteiger partial charge is 0.0379 e. The largest absolute Gasteiger partial charge is 0.384 e. The van der Waals surface area contributed by atoms with Gasteiger partial charge in [0.1, 0.15) is 0 Å². The standard InChI is InChI=1S/C17H24N2/c1-2-6-14(5-1)19-11-9-17(10-12-19)13-18-16-8-4-3-7-15(16)17/h3-4,7-8,14,18H,1-2,5-6,9-13H2. The van der Waals surface area contributed by atoms with Crippen LogP contribution in [0.5, 0.6) is 0 Å². The molecule has 2 nitrogen and oxygen atoms in total. The molecule has 1 aromatic rings. The Morgan fingerprint density at radius 3 is 2.58 bits per heavy atom. The molecule has 2 heteroatoms. The number of rotatable bonds is 1. The number of likely N-dealkylation sites (tertiary alicyclic amines) is 1. The highest BCUT2D eigenvalue weighted by Gasteiger charge is 2.42. The van der Waals surface area contributed by atoms with E-state index in [1.54, 1.807) is 5.56 Å². The third-order valence-electron chi connectivity index (χ3n) is 5.71. The summed E-state index contributed by atoms with van der Waals surface area (Å²) < 4.78 is 0. The number of benzene rings is 1. The van der Waals surface area contributed by atoms with Gasteiger partial charge in [-0.2, -0.15) is 0 Å². The maximum Gasteiger partial charge on any atom is 0.0379 e. The highest BCUT2D eigenvalue weighted by Crippen LogP contribution is 2.44. The number of hydrogen-bond acceptors (Lipinski definition) is 2. The van der Waals surface area contributed by atoms with Crippen molar-refractivity contribution in [2.45, 2.75) is 50.0 Å². The fraction of sp³-hybridized carbons (Fsp3) is 0.647. The van der Waals surface area contributed by atoms with Gasteiger partial charge in [0, 0.05) is 23.7 Å². The first-order valence-electron chi connectivity index (χ1n) is 7.95. The molecule has 0 atom stereocenters. The molecule has 0 radical (unpaired) electrons. The lowest BCUT2D eigenvalue weighted by Gasteiger charge is -2.42. The number of nitrogens with zero attached hydrogens (tertiary/aromatic N) is 1. The number of para-hydroxylation sites is 1. The van der Waals surface area contributed by atoms with Crippen LogP contribution >= 0.6 is 0 Å². The highest BCUT2D eigenvalue weighted by molar-refractivity contribution is 5.60. The van der Waals surface area contributed by atoms with Crippen molar-refractivity contribution in [1.82, 2.24) is 4.90 Å². The van der Waals surface area contributed by atoms with Gasteiger partial charge in [-0.25, -0.2) is 0 Å². The van der Waals surface area contributed by atoms with Crippen molar-refractivity contribution in [2.24, 2.45) is 0 Å². The topological polar surface area (TPSA) is 15.3 Å². The minimum atomic E-state index is 0.436. The first-order chi connectivity index (χ1) is 9.37. The maximum atomic E-state index is 3.63. The van der Waals surface area contributed by atoms with E-state index < -0.39 is 0 Å². The van der Waals surface area contributed by atoms with Gasteiger partial charge in [0.25, 0.3) is 0 Å². The Morgan fingerprint density at radius 2 is 1.79 bits per heavy atom. The third-order valence-corrected chi connectivity index (χ3v) is 5.71. The van der Waals surface area contributed by atoms with Gasteiger partial charge in [-0.15, -0.1) is 0 Å². The molecule has 4 rings (SSSR count). The van der Waals surface area contributed by atoms with Gasteiger partial charge in [-0.1, -0.05) is 31.0 Å². The van der Waals surface area contributed by atoms with Crippen LogP contribution in [0.4, 0.5) is 5.69 Å². The van der Waals surface area contributed by atoms with Gasteiger partial charge in [0.05, 0.1) is 0 Å². The minimum Gasteiger partial charge on any atom is -0.384 e.